The Kier molecular flexibility index (Phi) is 6.33. The van der Waals surface area contributed by atoms with E-state index in [1.54, 1.807) is 0 Å². The molecule has 0 aliphatic carbocycles. The molecule has 0 saturated heterocycles. The molecule has 0 unspecified atom stereocenters. The first-order valence-electron chi connectivity index (χ1n) is 8.06. The molecule has 0 amide bonds. The van der Waals surface area contributed by atoms with E-state index >= 15 is 0 Å². The summed E-state index contributed by atoms with van der Waals surface area (Å²) in [6.07, 6.45) is 3.56. The molecular formula is C20H22ClN3. The van der Waals surface area contributed by atoms with E-state index in [0.717, 1.165) is 34.3 Å². The maximum Gasteiger partial charge on any atom is 0.0936 e. The number of benzene rings is 3. The third-order valence-electron chi connectivity index (χ3n) is 3.96. The van der Waals surface area contributed by atoms with E-state index in [4.69, 9.17) is 5.73 Å². The standard InChI is InChI=1S/C20H21N3.ClH/c1-2-3-6-15-9-11-16(12-10-15)22-23-20-14-13-19(21)17-7-4-5-8-18(17)20;/h4-5,7-14H,2-3,6,21H2,1H3;1H/b23-22+;. The number of anilines is 1. The van der Waals surface area contributed by atoms with Crippen molar-refractivity contribution < 1.29 is 0 Å². The Morgan fingerprint density at radius 3 is 2.25 bits per heavy atom. The van der Waals surface area contributed by atoms with Gasteiger partial charge in [0.2, 0.25) is 0 Å². The normalized spacial score (nSPS) is 10.9. The van der Waals surface area contributed by atoms with E-state index < -0.39 is 0 Å². The lowest BCUT2D eigenvalue weighted by molar-refractivity contribution is 0.795. The van der Waals surface area contributed by atoms with Gasteiger partial charge in [0, 0.05) is 16.5 Å². The van der Waals surface area contributed by atoms with E-state index in [9.17, 15) is 0 Å². The molecule has 0 saturated carbocycles. The van der Waals surface area contributed by atoms with Crippen molar-refractivity contribution in [2.75, 3.05) is 5.73 Å². The van der Waals surface area contributed by atoms with Crippen molar-refractivity contribution in [1.29, 1.82) is 0 Å². The van der Waals surface area contributed by atoms with Crippen molar-refractivity contribution in [3.05, 3.63) is 66.2 Å². The predicted molar refractivity (Wildman–Crippen MR) is 105 cm³/mol. The van der Waals surface area contributed by atoms with E-state index in [1.807, 2.05) is 48.5 Å². The second-order valence-electron chi connectivity index (χ2n) is 5.69. The van der Waals surface area contributed by atoms with Gasteiger partial charge in [0.05, 0.1) is 11.4 Å². The molecule has 3 aromatic carbocycles. The van der Waals surface area contributed by atoms with Crippen molar-refractivity contribution in [2.24, 2.45) is 10.2 Å². The number of nitrogens with two attached hydrogens (primary N) is 1. The average molecular weight is 340 g/mol. The molecule has 0 aromatic heterocycles. The van der Waals surface area contributed by atoms with Crippen LogP contribution in [-0.4, -0.2) is 0 Å². The summed E-state index contributed by atoms with van der Waals surface area (Å²) in [6, 6.07) is 20.1. The van der Waals surface area contributed by atoms with Crippen LogP contribution in [-0.2, 0) is 6.42 Å². The number of fused-ring (bicyclic) bond motifs is 1. The number of aryl methyl sites for hydroxylation is 1. The fourth-order valence-corrected chi connectivity index (χ4v) is 2.62. The summed E-state index contributed by atoms with van der Waals surface area (Å²) in [4.78, 5) is 0. The fourth-order valence-electron chi connectivity index (χ4n) is 2.62. The highest BCUT2D eigenvalue weighted by atomic mass is 35.5. The minimum atomic E-state index is 0. The molecule has 0 atom stereocenters. The molecule has 0 heterocycles. The maximum absolute atomic E-state index is 6.02. The Labute approximate surface area is 149 Å². The lowest BCUT2D eigenvalue weighted by Gasteiger charge is -2.04. The third-order valence-corrected chi connectivity index (χ3v) is 3.96. The van der Waals surface area contributed by atoms with Crippen LogP contribution in [0.5, 0.6) is 0 Å². The number of halogens is 1. The Morgan fingerprint density at radius 2 is 1.54 bits per heavy atom. The molecule has 0 aliphatic heterocycles. The number of rotatable bonds is 5. The van der Waals surface area contributed by atoms with Crippen LogP contribution in [0.4, 0.5) is 17.1 Å². The molecule has 0 fully saturated rings. The number of unbranched alkanes of at least 4 members (excludes halogenated alkanes) is 1. The number of hydrogen-bond donors (Lipinski definition) is 1. The van der Waals surface area contributed by atoms with Gasteiger partial charge in [-0.15, -0.1) is 17.5 Å². The summed E-state index contributed by atoms with van der Waals surface area (Å²) >= 11 is 0. The van der Waals surface area contributed by atoms with Gasteiger partial charge < -0.3 is 5.73 Å². The second kappa shape index (κ2) is 8.46. The molecule has 124 valence electrons. The molecule has 0 aliphatic rings. The number of nitrogen functional groups attached to an aromatic ring is 1. The Hall–Kier alpha value is -2.39. The van der Waals surface area contributed by atoms with E-state index in [2.05, 4.69) is 29.3 Å². The fraction of sp³-hybridized carbons (Fsp3) is 0.200. The first-order valence-corrected chi connectivity index (χ1v) is 8.06. The molecule has 0 spiro atoms. The molecule has 0 bridgehead atoms. The molecule has 2 N–H and O–H groups in total. The summed E-state index contributed by atoms with van der Waals surface area (Å²) < 4.78 is 0. The van der Waals surface area contributed by atoms with Crippen LogP contribution >= 0.6 is 12.4 Å². The Bertz CT molecular complexity index is 826. The summed E-state index contributed by atoms with van der Waals surface area (Å²) in [5.74, 6) is 0. The summed E-state index contributed by atoms with van der Waals surface area (Å²) in [7, 11) is 0. The van der Waals surface area contributed by atoms with Gasteiger partial charge in [-0.2, -0.15) is 5.11 Å². The van der Waals surface area contributed by atoms with Crippen molar-refractivity contribution in [1.82, 2.24) is 0 Å². The van der Waals surface area contributed by atoms with Crippen LogP contribution in [0.3, 0.4) is 0 Å². The predicted octanol–water partition coefficient (Wildman–Crippen LogP) is 6.60. The maximum atomic E-state index is 6.02. The Balaban J connectivity index is 0.00000208. The van der Waals surface area contributed by atoms with Gasteiger partial charge in [0.15, 0.2) is 0 Å². The zero-order valence-electron chi connectivity index (χ0n) is 13.8. The summed E-state index contributed by atoms with van der Waals surface area (Å²) in [5.41, 5.74) is 9.84. The molecule has 0 radical (unpaired) electrons. The highest BCUT2D eigenvalue weighted by Gasteiger charge is 2.02. The molecule has 3 nitrogen and oxygen atoms in total. The minimum Gasteiger partial charge on any atom is -0.398 e. The third kappa shape index (κ3) is 4.12. The van der Waals surface area contributed by atoms with Gasteiger partial charge in [0.25, 0.3) is 0 Å². The van der Waals surface area contributed by atoms with Crippen molar-refractivity contribution in [2.45, 2.75) is 26.2 Å². The minimum absolute atomic E-state index is 0. The molecule has 3 aromatic rings. The molecule has 3 rings (SSSR count). The average Bonchev–Trinajstić information content (AvgIpc) is 2.60. The van der Waals surface area contributed by atoms with Crippen LogP contribution in [0.25, 0.3) is 10.8 Å². The zero-order chi connectivity index (χ0) is 16.1. The van der Waals surface area contributed by atoms with Crippen molar-refractivity contribution in [3.8, 4) is 0 Å². The summed E-state index contributed by atoms with van der Waals surface area (Å²) in [6.45, 7) is 2.21. The lowest BCUT2D eigenvalue weighted by atomic mass is 10.1. The number of azo groups is 1. The molecular weight excluding hydrogens is 318 g/mol. The first-order chi connectivity index (χ1) is 11.3. The number of nitrogens with zero attached hydrogens (tertiary/aromatic N) is 2. The highest BCUT2D eigenvalue weighted by molar-refractivity contribution is 5.99. The number of hydrogen-bond acceptors (Lipinski definition) is 3. The highest BCUT2D eigenvalue weighted by Crippen LogP contribution is 2.31. The zero-order valence-corrected chi connectivity index (χ0v) is 14.6. The monoisotopic (exact) mass is 339 g/mol. The van der Waals surface area contributed by atoms with Crippen LogP contribution in [0.2, 0.25) is 0 Å². The first kappa shape index (κ1) is 18.0. The van der Waals surface area contributed by atoms with Crippen LogP contribution in [0.15, 0.2) is 70.9 Å². The van der Waals surface area contributed by atoms with Gasteiger partial charge in [-0.1, -0.05) is 49.7 Å². The van der Waals surface area contributed by atoms with Crippen molar-refractivity contribution >= 4 is 40.2 Å². The van der Waals surface area contributed by atoms with E-state index in [-0.39, 0.29) is 12.4 Å². The van der Waals surface area contributed by atoms with Gasteiger partial charge in [0.1, 0.15) is 0 Å². The summed E-state index contributed by atoms with van der Waals surface area (Å²) in [5, 5.41) is 10.8. The smallest absolute Gasteiger partial charge is 0.0936 e. The molecule has 24 heavy (non-hydrogen) atoms. The Morgan fingerprint density at radius 1 is 0.833 bits per heavy atom. The topological polar surface area (TPSA) is 50.7 Å². The second-order valence-corrected chi connectivity index (χ2v) is 5.69. The SMILES string of the molecule is CCCCc1ccc(/N=N/c2ccc(N)c3ccccc23)cc1.Cl. The lowest BCUT2D eigenvalue weighted by Crippen LogP contribution is -1.86. The van der Waals surface area contributed by atoms with Crippen LogP contribution in [0, 0.1) is 0 Å². The van der Waals surface area contributed by atoms with Gasteiger partial charge in [-0.05, 0) is 42.7 Å². The van der Waals surface area contributed by atoms with Gasteiger partial charge in [-0.25, -0.2) is 0 Å². The van der Waals surface area contributed by atoms with E-state index in [0.29, 0.717) is 0 Å². The van der Waals surface area contributed by atoms with Gasteiger partial charge in [-0.3, -0.25) is 0 Å². The quantitative estimate of drug-likeness (QED) is 0.413. The van der Waals surface area contributed by atoms with Crippen molar-refractivity contribution in [3.63, 3.8) is 0 Å². The largest absolute Gasteiger partial charge is 0.398 e. The van der Waals surface area contributed by atoms with Gasteiger partial charge >= 0.3 is 0 Å². The van der Waals surface area contributed by atoms with Crippen LogP contribution < -0.4 is 5.73 Å². The molecule has 4 heteroatoms. The van der Waals surface area contributed by atoms with Crippen LogP contribution in [0.1, 0.15) is 25.3 Å². The van der Waals surface area contributed by atoms with E-state index in [1.165, 1.54) is 18.4 Å².